The molecule has 110 valence electrons. The van der Waals surface area contributed by atoms with E-state index in [2.05, 4.69) is 10.3 Å². The van der Waals surface area contributed by atoms with Crippen molar-refractivity contribution in [3.8, 4) is 0 Å². The van der Waals surface area contributed by atoms with E-state index in [1.165, 1.54) is 0 Å². The van der Waals surface area contributed by atoms with E-state index in [4.69, 9.17) is 5.11 Å². The fourth-order valence-electron chi connectivity index (χ4n) is 2.05. The summed E-state index contributed by atoms with van der Waals surface area (Å²) in [5, 5.41) is 23.0. The monoisotopic (exact) mass is 287 g/mol. The predicted octanol–water partition coefficient (Wildman–Crippen LogP) is 2.45. The highest BCUT2D eigenvalue weighted by atomic mass is 16.6. The molecule has 1 aromatic heterocycles. The largest absolute Gasteiger partial charge is 0.392 e. The Balaban J connectivity index is 2.00. The van der Waals surface area contributed by atoms with Gasteiger partial charge >= 0.3 is 5.69 Å². The molecule has 0 spiro atoms. The van der Waals surface area contributed by atoms with Crippen molar-refractivity contribution in [3.63, 3.8) is 0 Å². The zero-order valence-electron chi connectivity index (χ0n) is 11.7. The van der Waals surface area contributed by atoms with E-state index in [0.717, 1.165) is 17.5 Å². The van der Waals surface area contributed by atoms with E-state index in [0.29, 0.717) is 17.9 Å². The van der Waals surface area contributed by atoms with Crippen LogP contribution < -0.4 is 5.32 Å². The number of aliphatic hydroxyl groups excluding tert-OH is 1. The molecule has 0 radical (unpaired) electrons. The van der Waals surface area contributed by atoms with E-state index in [9.17, 15) is 10.1 Å². The highest BCUT2D eigenvalue weighted by Gasteiger charge is 2.17. The minimum atomic E-state index is -0.416. The summed E-state index contributed by atoms with van der Waals surface area (Å²) in [6.07, 6.45) is 2.28. The first kappa shape index (κ1) is 14.9. The fourth-order valence-corrected chi connectivity index (χ4v) is 2.05. The van der Waals surface area contributed by atoms with Crippen molar-refractivity contribution in [1.82, 2.24) is 4.98 Å². The minimum absolute atomic E-state index is 0.0214. The maximum Gasteiger partial charge on any atom is 0.314 e. The van der Waals surface area contributed by atoms with Gasteiger partial charge in [0.05, 0.1) is 11.5 Å². The lowest BCUT2D eigenvalue weighted by atomic mass is 10.1. The van der Waals surface area contributed by atoms with Crippen molar-refractivity contribution in [2.75, 3.05) is 11.9 Å². The zero-order valence-corrected chi connectivity index (χ0v) is 11.7. The second-order valence-corrected chi connectivity index (χ2v) is 4.73. The summed E-state index contributed by atoms with van der Waals surface area (Å²) in [7, 11) is 0. The second-order valence-electron chi connectivity index (χ2n) is 4.73. The van der Waals surface area contributed by atoms with Crippen LogP contribution in [-0.4, -0.2) is 21.6 Å². The molecule has 0 aliphatic heterocycles. The van der Waals surface area contributed by atoms with Gasteiger partial charge in [0, 0.05) is 18.3 Å². The zero-order chi connectivity index (χ0) is 15.2. The molecule has 0 aliphatic carbocycles. The van der Waals surface area contributed by atoms with Crippen LogP contribution in [0.3, 0.4) is 0 Å². The van der Waals surface area contributed by atoms with E-state index < -0.39 is 4.92 Å². The van der Waals surface area contributed by atoms with Gasteiger partial charge in [0.15, 0.2) is 0 Å². The minimum Gasteiger partial charge on any atom is -0.392 e. The number of nitrogens with one attached hydrogen (secondary N) is 1. The van der Waals surface area contributed by atoms with Crippen molar-refractivity contribution in [3.05, 3.63) is 63.3 Å². The summed E-state index contributed by atoms with van der Waals surface area (Å²) in [5.74, 6) is 0.298. The highest BCUT2D eigenvalue weighted by Crippen LogP contribution is 2.25. The van der Waals surface area contributed by atoms with Gasteiger partial charge in [-0.2, -0.15) is 0 Å². The van der Waals surface area contributed by atoms with Gasteiger partial charge in [0.25, 0.3) is 0 Å². The first-order valence-electron chi connectivity index (χ1n) is 6.64. The Morgan fingerprint density at radius 1 is 1.24 bits per heavy atom. The summed E-state index contributed by atoms with van der Waals surface area (Å²) >= 11 is 0. The van der Waals surface area contributed by atoms with E-state index in [1.54, 1.807) is 19.2 Å². The van der Waals surface area contributed by atoms with Gasteiger partial charge in [-0.1, -0.05) is 24.3 Å². The first-order chi connectivity index (χ1) is 10.1. The van der Waals surface area contributed by atoms with Crippen molar-refractivity contribution >= 4 is 11.5 Å². The maximum absolute atomic E-state index is 11.0. The van der Waals surface area contributed by atoms with E-state index in [-0.39, 0.29) is 12.3 Å². The van der Waals surface area contributed by atoms with Crippen LogP contribution in [0.15, 0.2) is 36.5 Å². The van der Waals surface area contributed by atoms with Crippen molar-refractivity contribution < 1.29 is 10.0 Å². The molecule has 1 heterocycles. The smallest absolute Gasteiger partial charge is 0.314 e. The predicted molar refractivity (Wildman–Crippen MR) is 80.2 cm³/mol. The van der Waals surface area contributed by atoms with Gasteiger partial charge in [-0.05, 0) is 30.5 Å². The molecule has 1 aromatic carbocycles. The number of aromatic nitrogens is 1. The molecule has 0 aliphatic rings. The first-order valence-corrected chi connectivity index (χ1v) is 6.64. The number of rotatable bonds is 6. The number of hydrogen-bond donors (Lipinski definition) is 2. The third-order valence-corrected chi connectivity index (χ3v) is 3.22. The molecular weight excluding hydrogens is 270 g/mol. The Bertz CT molecular complexity index is 627. The molecule has 0 bridgehead atoms. The molecule has 0 saturated carbocycles. The standard InChI is InChI=1S/C15H17N3O3/c1-11-6-8-16-15(14(11)18(20)21)17-9-7-12-2-4-13(10-19)5-3-12/h2-6,8,19H,7,9-10H2,1H3,(H,16,17). The molecule has 6 nitrogen and oxygen atoms in total. The van der Waals surface area contributed by atoms with Crippen LogP contribution in [0.1, 0.15) is 16.7 Å². The molecule has 2 N–H and O–H groups in total. The number of pyridine rings is 1. The molecular formula is C15H17N3O3. The van der Waals surface area contributed by atoms with Crippen molar-refractivity contribution in [2.45, 2.75) is 20.0 Å². The molecule has 0 saturated heterocycles. The lowest BCUT2D eigenvalue weighted by Crippen LogP contribution is -2.09. The molecule has 0 fully saturated rings. The number of aliphatic hydroxyl groups is 1. The van der Waals surface area contributed by atoms with Gasteiger partial charge in [-0.3, -0.25) is 10.1 Å². The Morgan fingerprint density at radius 3 is 2.52 bits per heavy atom. The number of nitro groups is 1. The Labute approximate surface area is 122 Å². The van der Waals surface area contributed by atoms with Crippen LogP contribution in [0.4, 0.5) is 11.5 Å². The van der Waals surface area contributed by atoms with Gasteiger partial charge in [0.2, 0.25) is 5.82 Å². The van der Waals surface area contributed by atoms with Gasteiger partial charge in [0.1, 0.15) is 0 Å². The summed E-state index contributed by atoms with van der Waals surface area (Å²) in [5.41, 5.74) is 2.57. The topological polar surface area (TPSA) is 88.3 Å². The number of anilines is 1. The van der Waals surface area contributed by atoms with Gasteiger partial charge < -0.3 is 10.4 Å². The van der Waals surface area contributed by atoms with Crippen LogP contribution in [-0.2, 0) is 13.0 Å². The average Bonchev–Trinajstić information content (AvgIpc) is 2.47. The third-order valence-electron chi connectivity index (χ3n) is 3.22. The van der Waals surface area contributed by atoms with Crippen LogP contribution in [0.25, 0.3) is 0 Å². The number of aryl methyl sites for hydroxylation is 1. The fraction of sp³-hybridized carbons (Fsp3) is 0.267. The summed E-state index contributed by atoms with van der Waals surface area (Å²) in [4.78, 5) is 14.7. The molecule has 0 atom stereocenters. The molecule has 0 unspecified atom stereocenters. The Hall–Kier alpha value is -2.47. The van der Waals surface area contributed by atoms with Crippen molar-refractivity contribution in [2.24, 2.45) is 0 Å². The van der Waals surface area contributed by atoms with E-state index in [1.807, 2.05) is 24.3 Å². The Kier molecular flexibility index (Phi) is 4.84. The molecule has 21 heavy (non-hydrogen) atoms. The SMILES string of the molecule is Cc1ccnc(NCCc2ccc(CO)cc2)c1[N+](=O)[O-]. The average molecular weight is 287 g/mol. The highest BCUT2D eigenvalue weighted by molar-refractivity contribution is 5.59. The summed E-state index contributed by atoms with van der Waals surface area (Å²) in [6.45, 7) is 2.27. The normalized spacial score (nSPS) is 10.4. The number of benzene rings is 1. The van der Waals surface area contributed by atoms with Crippen LogP contribution >= 0.6 is 0 Å². The van der Waals surface area contributed by atoms with Crippen LogP contribution in [0.5, 0.6) is 0 Å². The molecule has 2 rings (SSSR count). The maximum atomic E-state index is 11.0. The summed E-state index contributed by atoms with van der Waals surface area (Å²) < 4.78 is 0. The van der Waals surface area contributed by atoms with Crippen LogP contribution in [0.2, 0.25) is 0 Å². The second kappa shape index (κ2) is 6.81. The molecule has 0 amide bonds. The van der Waals surface area contributed by atoms with Gasteiger partial charge in [-0.25, -0.2) is 4.98 Å². The van der Waals surface area contributed by atoms with E-state index >= 15 is 0 Å². The Morgan fingerprint density at radius 2 is 1.90 bits per heavy atom. The lowest BCUT2D eigenvalue weighted by Gasteiger charge is -2.08. The number of nitrogens with zero attached hydrogens (tertiary/aromatic N) is 2. The number of hydrogen-bond acceptors (Lipinski definition) is 5. The third kappa shape index (κ3) is 3.76. The van der Waals surface area contributed by atoms with Crippen LogP contribution in [0, 0.1) is 17.0 Å². The quantitative estimate of drug-likeness (QED) is 0.629. The van der Waals surface area contributed by atoms with Crippen molar-refractivity contribution in [1.29, 1.82) is 0 Å². The lowest BCUT2D eigenvalue weighted by molar-refractivity contribution is -0.384. The molecule has 2 aromatic rings. The summed E-state index contributed by atoms with van der Waals surface area (Å²) in [6, 6.07) is 9.22. The van der Waals surface area contributed by atoms with Gasteiger partial charge in [-0.15, -0.1) is 0 Å². The molecule has 6 heteroatoms.